The van der Waals surface area contributed by atoms with Gasteiger partial charge < -0.3 is 57.1 Å². The highest BCUT2D eigenvalue weighted by Gasteiger charge is 2.19. The van der Waals surface area contributed by atoms with Gasteiger partial charge in [0.05, 0.1) is 57.3 Å². The van der Waals surface area contributed by atoms with Crippen LogP contribution in [0.4, 0.5) is 23.8 Å². The molecule has 13 N–H and O–H groups in total. The molecular weight excluding hydrogens is 951 g/mol. The molecule has 1 fully saturated rings. The standard InChI is InChI=1S/C9H16N4O2.C7H13N4O6P.C7H12N4O2.C4H8O.C3H9BrSi.C3H4N4O/c1-3-7(15-4-2)5-13-6-11-8(10)12-9(13)14;8-6-9-3-11(7(13)10-6)1-5(2-12)17-4-18(14,15)16;1-2-5(12)3-11-4-9-6(8)10-7(11)13;1-2-4-3-5-4;1-5(2,3)4;4-2-5-1-6-3(8)7-2/h6-7H,3-5H2,1-2H3,(H2,10,12,14);3,5,12H,1-2,4H2,(H2,8,10,13)(H2,14,15,16);4-5,12H,2-3H2,1H3,(H2,8,10,13);4H,2-3H2,1H3;1-3H3;1H,(H3,4,5,6,7,8)/t7-;2*5-;4-;;/m1011../s1. The number of hydrogen-bond acceptors (Lipinski definition) is 22. The summed E-state index contributed by atoms with van der Waals surface area (Å²) in [7, 11) is -4.33. The number of ether oxygens (including phenoxy) is 3. The highest BCUT2D eigenvalue weighted by molar-refractivity contribution is 9.26. The number of epoxide rings is 1. The fourth-order valence-electron chi connectivity index (χ4n) is 3.80. The highest BCUT2D eigenvalue weighted by Crippen LogP contribution is 2.34. The van der Waals surface area contributed by atoms with Gasteiger partial charge in [-0.15, -0.1) is 15.3 Å². The molecule has 31 heteroatoms. The van der Waals surface area contributed by atoms with Gasteiger partial charge in [-0.2, -0.15) is 19.9 Å². The topological polar surface area (TPSA) is 435 Å². The Balaban J connectivity index is 0.000000786. The number of aliphatic hydroxyl groups is 2. The maximum atomic E-state index is 11.4. The SMILES string of the molecule is CCO[C@H](CC)Cn1cnc(N)nc1=O.CC[C@@H](O)Cn1cnc(N)nc1=O.CC[C@@H]1CO1.C[Si](C)(C)Br.Nc1ncn(C[C@@H](CO)OCP(=O)(O)O)c(=O)n1.Nc1ncnc(=O)[nH]1. The van der Waals surface area contributed by atoms with E-state index in [0.717, 1.165) is 30.2 Å². The minimum atomic E-state index is -4.33. The number of nitrogens with one attached hydrogen (secondary N) is 1. The third kappa shape index (κ3) is 31.0. The van der Waals surface area contributed by atoms with Crippen molar-refractivity contribution in [3.63, 3.8) is 0 Å². The van der Waals surface area contributed by atoms with Crippen LogP contribution in [0.2, 0.25) is 19.6 Å². The summed E-state index contributed by atoms with van der Waals surface area (Å²) in [6, 6.07) is 0. The van der Waals surface area contributed by atoms with E-state index in [1.807, 2.05) is 20.8 Å². The van der Waals surface area contributed by atoms with Crippen LogP contribution >= 0.6 is 22.9 Å². The average molecular weight is 1010 g/mol. The molecule has 4 aromatic heterocycles. The van der Waals surface area contributed by atoms with Crippen molar-refractivity contribution in [1.29, 1.82) is 0 Å². The second kappa shape index (κ2) is 31.0. The first-order valence-corrected chi connectivity index (χ1v) is 27.0. The molecule has 0 radical (unpaired) electrons. The Morgan fingerprint density at radius 3 is 1.52 bits per heavy atom. The van der Waals surface area contributed by atoms with Crippen LogP contribution in [0, 0.1) is 0 Å². The number of nitrogens with zero attached hydrogens (tertiary/aromatic N) is 11. The normalized spacial score (nSPS) is 14.1. The number of halogens is 1. The van der Waals surface area contributed by atoms with Crippen LogP contribution in [-0.2, 0) is 38.4 Å². The van der Waals surface area contributed by atoms with Gasteiger partial charge in [-0.1, -0.05) is 40.4 Å². The summed E-state index contributed by atoms with van der Waals surface area (Å²) in [5.41, 5.74) is 18.7. The van der Waals surface area contributed by atoms with Gasteiger partial charge in [-0.25, -0.2) is 39.1 Å². The van der Waals surface area contributed by atoms with Crippen molar-refractivity contribution >= 4 is 53.4 Å². The maximum absolute atomic E-state index is 11.4. The predicted octanol–water partition coefficient (Wildman–Crippen LogP) is -1.48. The molecule has 4 atom stereocenters. The molecule has 0 aromatic carbocycles. The van der Waals surface area contributed by atoms with Gasteiger partial charge in [0.1, 0.15) is 38.4 Å². The Kier molecular flexibility index (Phi) is 28.7. The van der Waals surface area contributed by atoms with Crippen molar-refractivity contribution in [2.75, 3.05) is 49.1 Å². The van der Waals surface area contributed by atoms with Crippen molar-refractivity contribution in [1.82, 2.24) is 58.6 Å². The third-order valence-electron chi connectivity index (χ3n) is 7.04. The summed E-state index contributed by atoms with van der Waals surface area (Å²) in [4.78, 5) is 91.4. The van der Waals surface area contributed by atoms with Crippen molar-refractivity contribution in [3.8, 4) is 0 Å². The lowest BCUT2D eigenvalue weighted by atomic mass is 10.3. The van der Waals surface area contributed by atoms with Gasteiger partial charge in [-0.3, -0.25) is 23.3 Å². The molecule has 362 valence electrons. The molecule has 1 aliphatic rings. The zero-order chi connectivity index (χ0) is 49.0. The van der Waals surface area contributed by atoms with Crippen molar-refractivity contribution in [3.05, 3.63) is 67.2 Å². The maximum Gasteiger partial charge on any atom is 0.352 e. The molecule has 0 aliphatic carbocycles. The molecule has 5 heterocycles. The average Bonchev–Trinajstić information content (AvgIpc) is 4.04. The molecular formula is C33H62BrN16O12PSi. The molecule has 0 spiro atoms. The summed E-state index contributed by atoms with van der Waals surface area (Å²) in [5.74, 6) is -0.147. The van der Waals surface area contributed by atoms with Crippen molar-refractivity contribution in [2.45, 2.75) is 111 Å². The van der Waals surface area contributed by atoms with Gasteiger partial charge in [0.2, 0.25) is 23.8 Å². The molecule has 1 aliphatic heterocycles. The highest BCUT2D eigenvalue weighted by atomic mass is 79.9. The van der Waals surface area contributed by atoms with Crippen molar-refractivity contribution in [2.24, 2.45) is 0 Å². The number of aromatic nitrogens is 12. The Morgan fingerprint density at radius 2 is 1.23 bits per heavy atom. The number of hydrogen-bond donors (Lipinski definition) is 9. The van der Waals surface area contributed by atoms with Gasteiger partial charge >= 0.3 is 30.4 Å². The monoisotopic (exact) mass is 1010 g/mol. The van der Waals surface area contributed by atoms with Crippen LogP contribution < -0.4 is 45.7 Å². The van der Waals surface area contributed by atoms with Gasteiger partial charge in [0, 0.05) is 6.61 Å². The second-order valence-corrected chi connectivity index (χ2v) is 26.7. The molecule has 1 saturated heterocycles. The lowest BCUT2D eigenvalue weighted by molar-refractivity contribution is 0.0187. The smallest absolute Gasteiger partial charge is 0.352 e. The van der Waals surface area contributed by atoms with Gasteiger partial charge in [-0.05, 0) is 26.2 Å². The van der Waals surface area contributed by atoms with Crippen LogP contribution in [0.25, 0.3) is 0 Å². The number of anilines is 4. The van der Waals surface area contributed by atoms with Crippen LogP contribution in [0.3, 0.4) is 0 Å². The molecule has 0 amide bonds. The molecule has 5 rings (SSSR count). The van der Waals surface area contributed by atoms with E-state index < -0.39 is 56.5 Å². The van der Waals surface area contributed by atoms with E-state index in [0.29, 0.717) is 25.7 Å². The van der Waals surface area contributed by atoms with E-state index in [1.165, 1.54) is 28.2 Å². The lowest BCUT2D eigenvalue weighted by Gasteiger charge is -2.16. The number of H-pyrrole nitrogens is 1. The summed E-state index contributed by atoms with van der Waals surface area (Å²) in [5, 5.41) is 18.2. The summed E-state index contributed by atoms with van der Waals surface area (Å²) >= 11 is 3.51. The number of aliphatic hydroxyl groups excluding tert-OH is 2. The minimum Gasteiger partial charge on any atom is -0.394 e. The quantitative estimate of drug-likeness (QED) is 0.0284. The Hall–Kier alpha value is -4.91. The molecule has 28 nitrogen and oxygen atoms in total. The molecule has 0 bridgehead atoms. The summed E-state index contributed by atoms with van der Waals surface area (Å²) in [6.07, 6.45) is 5.80. The Morgan fingerprint density at radius 1 is 0.797 bits per heavy atom. The zero-order valence-corrected chi connectivity index (χ0v) is 40.3. The Bertz CT molecular complexity index is 2200. The van der Waals surface area contributed by atoms with Crippen molar-refractivity contribution < 1.29 is 38.8 Å². The van der Waals surface area contributed by atoms with E-state index in [2.05, 4.69) is 86.7 Å². The predicted molar refractivity (Wildman–Crippen MR) is 242 cm³/mol. The van der Waals surface area contributed by atoms with E-state index in [-0.39, 0.29) is 48.7 Å². The summed E-state index contributed by atoms with van der Waals surface area (Å²) < 4.78 is 29.3. The number of rotatable bonds is 15. The largest absolute Gasteiger partial charge is 0.394 e. The fraction of sp³-hybridized carbons (Fsp3) is 0.636. The van der Waals surface area contributed by atoms with E-state index in [9.17, 15) is 28.8 Å². The first kappa shape index (κ1) is 59.1. The van der Waals surface area contributed by atoms with Gasteiger partial charge in [0.25, 0.3) is 0 Å². The number of nitrogen functional groups attached to an aromatic ring is 4. The lowest BCUT2D eigenvalue weighted by Crippen LogP contribution is -2.32. The van der Waals surface area contributed by atoms with E-state index >= 15 is 0 Å². The first-order valence-electron chi connectivity index (χ1n) is 19.4. The van der Waals surface area contributed by atoms with Crippen LogP contribution in [-0.4, -0.2) is 136 Å². The molecule has 0 saturated carbocycles. The minimum absolute atomic E-state index is 0.000656. The Labute approximate surface area is 376 Å². The summed E-state index contributed by atoms with van der Waals surface area (Å²) in [6.45, 7) is 15.5. The molecule has 4 aromatic rings. The zero-order valence-electron chi connectivity index (χ0n) is 36.8. The molecule has 64 heavy (non-hydrogen) atoms. The van der Waals surface area contributed by atoms with E-state index in [1.54, 1.807) is 0 Å². The third-order valence-corrected chi connectivity index (χ3v) is 7.52. The van der Waals surface area contributed by atoms with Crippen LogP contribution in [0.1, 0.15) is 47.0 Å². The molecule has 0 unspecified atom stereocenters. The van der Waals surface area contributed by atoms with Crippen LogP contribution in [0.15, 0.2) is 44.5 Å². The fourth-order valence-corrected chi connectivity index (χ4v) is 4.21. The number of nitrogens with two attached hydrogens (primary N) is 4. The first-order chi connectivity index (χ1) is 29.8. The van der Waals surface area contributed by atoms with E-state index in [4.69, 9.17) is 52.0 Å². The second-order valence-electron chi connectivity index (χ2n) is 13.9. The van der Waals surface area contributed by atoms with Crippen LogP contribution in [0.5, 0.6) is 0 Å². The number of aromatic amines is 1. The van der Waals surface area contributed by atoms with Gasteiger partial charge in [0.15, 0.2) is 0 Å².